The smallest absolute Gasteiger partial charge is 0.130 e. The van der Waals surface area contributed by atoms with Crippen molar-refractivity contribution in [2.45, 2.75) is 26.2 Å². The van der Waals surface area contributed by atoms with E-state index < -0.39 is 0 Å². The molecule has 0 aliphatic carbocycles. The first kappa shape index (κ1) is 22.4. The maximum Gasteiger partial charge on any atom is 0.130 e. The normalized spacial score (nSPS) is 11.9. The van der Waals surface area contributed by atoms with Gasteiger partial charge in [0.15, 0.2) is 0 Å². The number of hydrogen-bond acceptors (Lipinski definition) is 3. The van der Waals surface area contributed by atoms with Crippen LogP contribution in [-0.2, 0) is 5.41 Å². The largest absolute Gasteiger partial charge is 0.256 e. The van der Waals surface area contributed by atoms with E-state index in [4.69, 9.17) is 0 Å². The lowest BCUT2D eigenvalue weighted by molar-refractivity contribution is 0.520. The zero-order valence-corrected chi connectivity index (χ0v) is 21.1. The predicted molar refractivity (Wildman–Crippen MR) is 149 cm³/mol. The summed E-state index contributed by atoms with van der Waals surface area (Å²) in [5.74, 6) is -0.241. The van der Waals surface area contributed by atoms with Crippen LogP contribution in [0.1, 0.15) is 31.9 Å². The Hall–Kier alpha value is -4.07. The molecule has 174 valence electrons. The van der Waals surface area contributed by atoms with Gasteiger partial charge in [-0.2, -0.15) is 5.26 Å². The summed E-state index contributed by atoms with van der Waals surface area (Å²) in [5, 5.41) is 14.5. The zero-order valence-electron chi connectivity index (χ0n) is 20.3. The third-order valence-electron chi connectivity index (χ3n) is 6.76. The molecule has 0 saturated carbocycles. The maximum atomic E-state index is 15.1. The molecule has 2 heterocycles. The molecule has 6 aromatic rings. The van der Waals surface area contributed by atoms with Crippen molar-refractivity contribution in [3.05, 3.63) is 102 Å². The van der Waals surface area contributed by atoms with E-state index in [2.05, 4.69) is 47.5 Å². The van der Waals surface area contributed by atoms with Crippen LogP contribution in [0.5, 0.6) is 0 Å². The quantitative estimate of drug-likeness (QED) is 0.244. The third kappa shape index (κ3) is 3.56. The SMILES string of the molecule is CC(C)(C)c1cnc(-c2cccc3c2sc2c(-c4ccc5ccccc5c4)c(C#N)ccc23)cc1F. The lowest BCUT2D eigenvalue weighted by Crippen LogP contribution is -2.14. The first-order valence-electron chi connectivity index (χ1n) is 11.9. The fourth-order valence-corrected chi connectivity index (χ4v) is 6.31. The fourth-order valence-electron chi connectivity index (χ4n) is 4.92. The highest BCUT2D eigenvalue weighted by molar-refractivity contribution is 7.26. The minimum absolute atomic E-state index is 0.241. The van der Waals surface area contributed by atoms with Crippen LogP contribution in [0.4, 0.5) is 4.39 Å². The van der Waals surface area contributed by atoms with Crippen molar-refractivity contribution in [3.63, 3.8) is 0 Å². The molecule has 6 rings (SSSR count). The van der Waals surface area contributed by atoms with E-state index >= 15 is 4.39 Å². The minimum atomic E-state index is -0.318. The van der Waals surface area contributed by atoms with Crippen LogP contribution >= 0.6 is 11.3 Å². The summed E-state index contributed by atoms with van der Waals surface area (Å²) in [5.41, 5.74) is 4.40. The van der Waals surface area contributed by atoms with Crippen LogP contribution in [0.25, 0.3) is 53.3 Å². The van der Waals surface area contributed by atoms with E-state index in [0.717, 1.165) is 47.6 Å². The van der Waals surface area contributed by atoms with Gasteiger partial charge in [0.1, 0.15) is 5.82 Å². The van der Waals surface area contributed by atoms with Gasteiger partial charge in [-0.15, -0.1) is 11.3 Å². The molecule has 0 bridgehead atoms. The van der Waals surface area contributed by atoms with Crippen LogP contribution < -0.4 is 0 Å². The van der Waals surface area contributed by atoms with E-state index in [1.165, 1.54) is 0 Å². The molecule has 2 nitrogen and oxygen atoms in total. The van der Waals surface area contributed by atoms with Gasteiger partial charge in [0, 0.05) is 49.1 Å². The summed E-state index contributed by atoms with van der Waals surface area (Å²) in [7, 11) is 0. The summed E-state index contributed by atoms with van der Waals surface area (Å²) in [6.07, 6.45) is 1.66. The van der Waals surface area contributed by atoms with E-state index in [1.807, 2.05) is 57.2 Å². The summed E-state index contributed by atoms with van der Waals surface area (Å²) in [4.78, 5) is 4.66. The van der Waals surface area contributed by atoms with Gasteiger partial charge in [-0.1, -0.05) is 81.4 Å². The molecule has 0 aliphatic rings. The van der Waals surface area contributed by atoms with Gasteiger partial charge in [-0.05, 0) is 33.9 Å². The zero-order chi connectivity index (χ0) is 25.0. The molecule has 0 fully saturated rings. The second kappa shape index (κ2) is 8.26. The molecule has 4 aromatic carbocycles. The highest BCUT2D eigenvalue weighted by Gasteiger charge is 2.21. The molecule has 0 amide bonds. The second-order valence-electron chi connectivity index (χ2n) is 10.1. The number of nitriles is 1. The van der Waals surface area contributed by atoms with Crippen LogP contribution in [-0.4, -0.2) is 4.98 Å². The highest BCUT2D eigenvalue weighted by atomic mass is 32.1. The average Bonchev–Trinajstić information content (AvgIpc) is 3.25. The first-order valence-corrected chi connectivity index (χ1v) is 12.7. The lowest BCUT2D eigenvalue weighted by atomic mass is 9.87. The first-order chi connectivity index (χ1) is 17.3. The Kier molecular flexibility index (Phi) is 5.14. The Morgan fingerprint density at radius 3 is 2.36 bits per heavy atom. The second-order valence-corrected chi connectivity index (χ2v) is 11.1. The maximum absolute atomic E-state index is 15.1. The molecule has 0 spiro atoms. The number of hydrogen-bond donors (Lipinski definition) is 0. The van der Waals surface area contributed by atoms with Gasteiger partial charge < -0.3 is 0 Å². The Morgan fingerprint density at radius 2 is 1.61 bits per heavy atom. The number of rotatable bonds is 2. The van der Waals surface area contributed by atoms with E-state index in [9.17, 15) is 5.26 Å². The van der Waals surface area contributed by atoms with Crippen LogP contribution in [0.3, 0.4) is 0 Å². The molecule has 0 unspecified atom stereocenters. The highest BCUT2D eigenvalue weighted by Crippen LogP contribution is 2.45. The number of pyridine rings is 1. The van der Waals surface area contributed by atoms with Crippen LogP contribution in [0.15, 0.2) is 85.1 Å². The Labute approximate surface area is 213 Å². The number of thiophene rings is 1. The Balaban J connectivity index is 1.62. The van der Waals surface area contributed by atoms with Gasteiger partial charge in [0.05, 0.1) is 17.3 Å². The molecule has 4 heteroatoms. The molecule has 2 aromatic heterocycles. The number of benzene rings is 4. The number of fused-ring (bicyclic) bond motifs is 4. The van der Waals surface area contributed by atoms with Gasteiger partial charge in [-0.3, -0.25) is 4.98 Å². The van der Waals surface area contributed by atoms with Crippen molar-refractivity contribution in [3.8, 4) is 28.5 Å². The summed E-state index contributed by atoms with van der Waals surface area (Å²) in [6.45, 7) is 5.96. The standard InChI is InChI=1S/C32H23FN2S/c1-32(2,3)26-18-35-28(16-27(26)33)25-10-6-9-23-24-14-13-22(17-34)29(31(24)36-30(23)25)21-12-11-19-7-4-5-8-20(19)15-21/h4-16,18H,1-3H3. The minimum Gasteiger partial charge on any atom is -0.256 e. The molecular formula is C32H23FN2S. The van der Waals surface area contributed by atoms with Gasteiger partial charge in [0.25, 0.3) is 0 Å². The summed E-state index contributed by atoms with van der Waals surface area (Å²) < 4.78 is 17.2. The average molecular weight is 487 g/mol. The van der Waals surface area contributed by atoms with Gasteiger partial charge in [-0.25, -0.2) is 4.39 Å². The predicted octanol–water partition coefficient (Wildman–Crippen LogP) is 9.24. The number of halogens is 1. The molecular weight excluding hydrogens is 463 g/mol. The molecule has 0 aliphatic heterocycles. The van der Waals surface area contributed by atoms with E-state index in [1.54, 1.807) is 23.6 Å². The van der Waals surface area contributed by atoms with Crippen molar-refractivity contribution in [1.82, 2.24) is 4.98 Å². The van der Waals surface area contributed by atoms with Crippen molar-refractivity contribution < 1.29 is 4.39 Å². The van der Waals surface area contributed by atoms with Crippen molar-refractivity contribution in [2.75, 3.05) is 0 Å². The molecule has 0 radical (unpaired) electrons. The van der Waals surface area contributed by atoms with Crippen molar-refractivity contribution in [1.29, 1.82) is 5.26 Å². The van der Waals surface area contributed by atoms with Crippen LogP contribution in [0.2, 0.25) is 0 Å². The van der Waals surface area contributed by atoms with E-state index in [0.29, 0.717) is 16.8 Å². The molecule has 36 heavy (non-hydrogen) atoms. The monoisotopic (exact) mass is 486 g/mol. The lowest BCUT2D eigenvalue weighted by Gasteiger charge is -2.19. The van der Waals surface area contributed by atoms with Gasteiger partial charge >= 0.3 is 0 Å². The number of aromatic nitrogens is 1. The number of nitrogens with zero attached hydrogens (tertiary/aromatic N) is 2. The third-order valence-corrected chi connectivity index (χ3v) is 8.04. The van der Waals surface area contributed by atoms with Crippen LogP contribution in [0, 0.1) is 17.1 Å². The Bertz CT molecular complexity index is 1850. The molecule has 0 atom stereocenters. The van der Waals surface area contributed by atoms with Crippen molar-refractivity contribution >= 4 is 42.3 Å². The van der Waals surface area contributed by atoms with E-state index in [-0.39, 0.29) is 11.2 Å². The summed E-state index contributed by atoms with van der Waals surface area (Å²) >= 11 is 1.64. The fraction of sp³-hybridized carbons (Fsp3) is 0.125. The van der Waals surface area contributed by atoms with Crippen molar-refractivity contribution in [2.24, 2.45) is 0 Å². The molecule has 0 saturated heterocycles. The van der Waals surface area contributed by atoms with Gasteiger partial charge in [0.2, 0.25) is 0 Å². The molecule has 0 N–H and O–H groups in total. The Morgan fingerprint density at radius 1 is 0.833 bits per heavy atom. The summed E-state index contributed by atoms with van der Waals surface area (Å²) in [6, 6.07) is 28.5. The topological polar surface area (TPSA) is 36.7 Å².